The Balaban J connectivity index is 1.28. The number of hydrogen-bond acceptors (Lipinski definition) is 6. The van der Waals surface area contributed by atoms with Gasteiger partial charge in [-0.05, 0) is 68.2 Å². The van der Waals surface area contributed by atoms with Gasteiger partial charge >= 0.3 is 0 Å². The Bertz CT molecular complexity index is 1200. The minimum Gasteiger partial charge on any atom is -0.496 e. The van der Waals surface area contributed by atoms with Gasteiger partial charge in [0, 0.05) is 43.5 Å². The van der Waals surface area contributed by atoms with Crippen LogP contribution in [0, 0.1) is 6.92 Å². The van der Waals surface area contributed by atoms with E-state index in [1.807, 2.05) is 0 Å². The Kier molecular flexibility index (Phi) is 6.81. The molecule has 0 bridgehead atoms. The number of hydrogen-bond donors (Lipinski definition) is 0. The van der Waals surface area contributed by atoms with E-state index in [-0.39, 0.29) is 6.04 Å². The monoisotopic (exact) mass is 485 g/mol. The number of methoxy groups -OCH3 is 1. The fourth-order valence-corrected chi connectivity index (χ4v) is 5.87. The Morgan fingerprint density at radius 3 is 2.47 bits per heavy atom. The number of aromatic nitrogens is 2. The van der Waals surface area contributed by atoms with Gasteiger partial charge in [0.05, 0.1) is 25.8 Å². The molecule has 3 aromatic rings. The number of anilines is 1. The standard InChI is InChI=1S/C30H37N4O2/c1-21(33-16-18-36-19-17-33)20-24-6-5-8-26-28(24)31-29(23-10-11-23)32-30(26)34-14-12-22(13-15-34)25-7-3-4-9-27(25)35-2/h3-9,21-23H,1,10-20H2,2H3. The zero-order valence-corrected chi connectivity index (χ0v) is 21.4. The highest BCUT2D eigenvalue weighted by Gasteiger charge is 2.31. The van der Waals surface area contributed by atoms with Crippen molar-refractivity contribution >= 4 is 16.7 Å². The molecule has 3 aliphatic rings. The molecule has 189 valence electrons. The zero-order chi connectivity index (χ0) is 24.5. The minimum absolute atomic E-state index is 0.221. The topological polar surface area (TPSA) is 50.7 Å². The molecule has 1 aromatic heterocycles. The van der Waals surface area contributed by atoms with Crippen molar-refractivity contribution < 1.29 is 9.47 Å². The number of ether oxygens (including phenoxy) is 2. The predicted octanol–water partition coefficient (Wildman–Crippen LogP) is 4.98. The number of fused-ring (bicyclic) bond motifs is 1. The Morgan fingerprint density at radius 1 is 0.944 bits per heavy atom. The van der Waals surface area contributed by atoms with E-state index in [0.717, 1.165) is 81.6 Å². The fourth-order valence-electron chi connectivity index (χ4n) is 5.87. The first-order chi connectivity index (χ1) is 17.7. The molecule has 0 spiro atoms. The van der Waals surface area contributed by atoms with E-state index >= 15 is 0 Å². The summed E-state index contributed by atoms with van der Waals surface area (Å²) in [5, 5.41) is 1.18. The summed E-state index contributed by atoms with van der Waals surface area (Å²) in [6, 6.07) is 15.3. The number of nitrogens with zero attached hydrogens (tertiary/aromatic N) is 4. The van der Waals surface area contributed by atoms with Gasteiger partial charge < -0.3 is 14.4 Å². The molecule has 2 saturated heterocycles. The highest BCUT2D eigenvalue weighted by Crippen LogP contribution is 2.41. The van der Waals surface area contributed by atoms with Crippen molar-refractivity contribution in [3.05, 3.63) is 66.3 Å². The van der Waals surface area contributed by atoms with Crippen molar-refractivity contribution in [3.63, 3.8) is 0 Å². The second-order valence-electron chi connectivity index (χ2n) is 10.5. The summed E-state index contributed by atoms with van der Waals surface area (Å²) in [5.41, 5.74) is 3.74. The summed E-state index contributed by atoms with van der Waals surface area (Å²) >= 11 is 0. The summed E-state index contributed by atoms with van der Waals surface area (Å²) in [6.45, 7) is 9.99. The van der Waals surface area contributed by atoms with E-state index in [4.69, 9.17) is 19.4 Å². The molecule has 1 radical (unpaired) electrons. The maximum Gasteiger partial charge on any atom is 0.140 e. The van der Waals surface area contributed by atoms with Gasteiger partial charge in [-0.25, -0.2) is 9.97 Å². The van der Waals surface area contributed by atoms with Crippen LogP contribution in [0.2, 0.25) is 0 Å². The molecule has 1 unspecified atom stereocenters. The van der Waals surface area contributed by atoms with Gasteiger partial charge in [-0.15, -0.1) is 0 Å². The maximum absolute atomic E-state index is 5.66. The third-order valence-corrected chi connectivity index (χ3v) is 8.14. The average Bonchev–Trinajstić information content (AvgIpc) is 3.79. The second-order valence-corrected chi connectivity index (χ2v) is 10.5. The summed E-state index contributed by atoms with van der Waals surface area (Å²) in [5.74, 6) is 4.19. The molecular formula is C30H37N4O2. The molecule has 3 heterocycles. The molecule has 1 aliphatic carbocycles. The van der Waals surface area contributed by atoms with Crippen molar-refractivity contribution in [2.75, 3.05) is 51.4 Å². The van der Waals surface area contributed by atoms with E-state index < -0.39 is 0 Å². The van der Waals surface area contributed by atoms with Gasteiger partial charge in [0.1, 0.15) is 17.4 Å². The lowest BCUT2D eigenvalue weighted by Crippen LogP contribution is -2.43. The Hall–Kier alpha value is -2.70. The highest BCUT2D eigenvalue weighted by atomic mass is 16.5. The molecule has 3 fully saturated rings. The van der Waals surface area contributed by atoms with Crippen molar-refractivity contribution in [1.29, 1.82) is 0 Å². The van der Waals surface area contributed by atoms with Crippen LogP contribution in [0.25, 0.3) is 10.9 Å². The van der Waals surface area contributed by atoms with E-state index in [2.05, 4.69) is 59.2 Å². The number of morpholine rings is 1. The molecular weight excluding hydrogens is 448 g/mol. The first-order valence-electron chi connectivity index (χ1n) is 13.5. The lowest BCUT2D eigenvalue weighted by Gasteiger charge is -2.34. The van der Waals surface area contributed by atoms with Crippen LogP contribution in [0.4, 0.5) is 5.82 Å². The summed E-state index contributed by atoms with van der Waals surface area (Å²) < 4.78 is 11.2. The van der Waals surface area contributed by atoms with E-state index in [1.165, 1.54) is 29.4 Å². The van der Waals surface area contributed by atoms with Crippen LogP contribution in [0.3, 0.4) is 0 Å². The number of piperidine rings is 1. The number of para-hydroxylation sites is 2. The molecule has 1 atom stereocenters. The van der Waals surface area contributed by atoms with E-state index in [0.29, 0.717) is 11.8 Å². The first kappa shape index (κ1) is 23.7. The Morgan fingerprint density at radius 2 is 1.72 bits per heavy atom. The van der Waals surface area contributed by atoms with Crippen LogP contribution < -0.4 is 9.64 Å². The molecule has 6 heteroatoms. The van der Waals surface area contributed by atoms with E-state index in [1.54, 1.807) is 7.11 Å². The molecule has 0 N–H and O–H groups in total. The Labute approximate surface area is 214 Å². The van der Waals surface area contributed by atoms with Crippen LogP contribution in [-0.4, -0.2) is 67.4 Å². The number of benzene rings is 2. The lowest BCUT2D eigenvalue weighted by molar-refractivity contribution is 0.0252. The average molecular weight is 486 g/mol. The third kappa shape index (κ3) is 4.81. The molecule has 6 rings (SSSR count). The lowest BCUT2D eigenvalue weighted by atomic mass is 9.88. The van der Waals surface area contributed by atoms with Crippen LogP contribution >= 0.6 is 0 Å². The summed E-state index contributed by atoms with van der Waals surface area (Å²) in [7, 11) is 1.77. The predicted molar refractivity (Wildman–Crippen MR) is 144 cm³/mol. The molecule has 0 amide bonds. The summed E-state index contributed by atoms with van der Waals surface area (Å²) in [6.07, 6.45) is 5.50. The normalized spacial score (nSPS) is 20.6. The molecule has 36 heavy (non-hydrogen) atoms. The van der Waals surface area contributed by atoms with Crippen LogP contribution in [0.5, 0.6) is 5.75 Å². The first-order valence-corrected chi connectivity index (χ1v) is 13.5. The van der Waals surface area contributed by atoms with Crippen molar-refractivity contribution in [2.45, 2.75) is 50.0 Å². The van der Waals surface area contributed by atoms with Gasteiger partial charge in [-0.3, -0.25) is 4.90 Å². The van der Waals surface area contributed by atoms with Gasteiger partial charge in [-0.1, -0.05) is 30.3 Å². The third-order valence-electron chi connectivity index (χ3n) is 8.14. The van der Waals surface area contributed by atoms with Crippen molar-refractivity contribution in [2.24, 2.45) is 0 Å². The quantitative estimate of drug-likeness (QED) is 0.471. The molecule has 6 nitrogen and oxygen atoms in total. The molecule has 2 aromatic carbocycles. The smallest absolute Gasteiger partial charge is 0.140 e. The van der Waals surface area contributed by atoms with Gasteiger partial charge in [0.15, 0.2) is 0 Å². The maximum atomic E-state index is 5.66. The fraction of sp³-hybridized carbons (Fsp3) is 0.500. The largest absolute Gasteiger partial charge is 0.496 e. The van der Waals surface area contributed by atoms with Crippen LogP contribution in [0.1, 0.15) is 54.5 Å². The minimum atomic E-state index is 0.221. The van der Waals surface area contributed by atoms with Gasteiger partial charge in [0.25, 0.3) is 0 Å². The van der Waals surface area contributed by atoms with Crippen molar-refractivity contribution in [3.8, 4) is 5.75 Å². The molecule has 2 aliphatic heterocycles. The summed E-state index contributed by atoms with van der Waals surface area (Å²) in [4.78, 5) is 15.3. The molecule has 1 saturated carbocycles. The SMILES string of the molecule is [CH2]C(Cc1cccc2c(N3CCC(c4ccccc4OC)CC3)nc(C3CC3)nc12)N1CCOCC1. The zero-order valence-electron chi connectivity index (χ0n) is 21.4. The van der Waals surface area contributed by atoms with Crippen molar-refractivity contribution in [1.82, 2.24) is 14.9 Å². The van der Waals surface area contributed by atoms with E-state index in [9.17, 15) is 0 Å². The van der Waals surface area contributed by atoms with Crippen LogP contribution in [0.15, 0.2) is 42.5 Å². The van der Waals surface area contributed by atoms with Gasteiger partial charge in [-0.2, -0.15) is 0 Å². The van der Waals surface area contributed by atoms with Gasteiger partial charge in [0.2, 0.25) is 0 Å². The second kappa shape index (κ2) is 10.3. The number of rotatable bonds is 7. The van der Waals surface area contributed by atoms with Crippen LogP contribution in [-0.2, 0) is 11.2 Å². The highest BCUT2D eigenvalue weighted by molar-refractivity contribution is 5.92.